The number of aromatic nitrogens is 1. The maximum atomic E-state index is 11.0. The summed E-state index contributed by atoms with van der Waals surface area (Å²) in [6.07, 6.45) is 3.59. The van der Waals surface area contributed by atoms with Crippen LogP contribution in [0, 0.1) is 0 Å². The van der Waals surface area contributed by atoms with E-state index in [9.17, 15) is 4.79 Å². The normalized spacial score (nSPS) is 13.1. The zero-order chi connectivity index (χ0) is 13.2. The van der Waals surface area contributed by atoms with Gasteiger partial charge in [-0.1, -0.05) is 12.1 Å². The van der Waals surface area contributed by atoms with Crippen molar-refractivity contribution < 1.29 is 14.6 Å². The van der Waals surface area contributed by atoms with Gasteiger partial charge in [-0.05, 0) is 35.7 Å². The van der Waals surface area contributed by atoms with Crippen LogP contribution in [0.25, 0.3) is 0 Å². The largest absolute Gasteiger partial charge is 0.493 e. The minimum atomic E-state index is -0.882. The Labute approximate surface area is 111 Å². The van der Waals surface area contributed by atoms with Crippen molar-refractivity contribution in [3.05, 3.63) is 53.3 Å². The Bertz CT molecular complexity index is 616. The number of nitrogens with zero attached hydrogens (tertiary/aromatic N) is 1. The minimum Gasteiger partial charge on any atom is -0.493 e. The zero-order valence-corrected chi connectivity index (χ0v) is 10.5. The number of hydrogen-bond donors (Lipinski definition) is 1. The lowest BCUT2D eigenvalue weighted by Gasteiger charge is -2.07. The quantitative estimate of drug-likeness (QED) is 0.914. The number of hydrogen-bond acceptors (Lipinski definition) is 2. The van der Waals surface area contributed by atoms with E-state index in [4.69, 9.17) is 9.84 Å². The van der Waals surface area contributed by atoms with Crippen LogP contribution in [0.15, 0.2) is 36.5 Å². The van der Waals surface area contributed by atoms with Crippen molar-refractivity contribution in [1.82, 2.24) is 4.57 Å². The molecule has 4 nitrogen and oxygen atoms in total. The highest BCUT2D eigenvalue weighted by atomic mass is 16.5. The molecule has 0 fully saturated rings. The van der Waals surface area contributed by atoms with Crippen molar-refractivity contribution in [3.63, 3.8) is 0 Å². The summed E-state index contributed by atoms with van der Waals surface area (Å²) in [7, 11) is 0. The first kappa shape index (κ1) is 11.8. The Morgan fingerprint density at radius 1 is 1.37 bits per heavy atom. The van der Waals surface area contributed by atoms with Crippen LogP contribution >= 0.6 is 0 Å². The Hall–Kier alpha value is -2.23. The average molecular weight is 257 g/mol. The molecule has 0 saturated carbocycles. The van der Waals surface area contributed by atoms with Crippen molar-refractivity contribution in [2.75, 3.05) is 6.61 Å². The molecule has 0 aliphatic carbocycles. The molecule has 1 aromatic carbocycles. The lowest BCUT2D eigenvalue weighted by Crippen LogP contribution is -2.09. The van der Waals surface area contributed by atoms with Gasteiger partial charge >= 0.3 is 5.97 Å². The SMILES string of the molecule is O=C(O)c1cccn1CCc1ccc2c(c1)CCO2. The molecule has 0 spiro atoms. The second-order valence-corrected chi connectivity index (χ2v) is 4.68. The predicted octanol–water partition coefficient (Wildman–Crippen LogP) is 2.36. The number of rotatable bonds is 4. The van der Waals surface area contributed by atoms with E-state index in [1.165, 1.54) is 11.1 Å². The average Bonchev–Trinajstić information content (AvgIpc) is 3.04. The molecule has 0 unspecified atom stereocenters. The molecular weight excluding hydrogens is 242 g/mol. The highest BCUT2D eigenvalue weighted by Gasteiger charge is 2.12. The number of fused-ring (bicyclic) bond motifs is 1. The van der Waals surface area contributed by atoms with Crippen LogP contribution in [0.5, 0.6) is 5.75 Å². The third kappa shape index (κ3) is 2.34. The van der Waals surface area contributed by atoms with Crippen molar-refractivity contribution >= 4 is 5.97 Å². The molecule has 0 radical (unpaired) electrons. The highest BCUT2D eigenvalue weighted by molar-refractivity contribution is 5.85. The summed E-state index contributed by atoms with van der Waals surface area (Å²) in [5.41, 5.74) is 2.81. The van der Waals surface area contributed by atoms with Crippen molar-refractivity contribution in [2.45, 2.75) is 19.4 Å². The van der Waals surface area contributed by atoms with Crippen LogP contribution in [0.1, 0.15) is 21.6 Å². The number of benzene rings is 1. The van der Waals surface area contributed by atoms with Crippen molar-refractivity contribution in [3.8, 4) is 5.75 Å². The first-order valence-corrected chi connectivity index (χ1v) is 6.37. The molecule has 0 amide bonds. The van der Waals surface area contributed by atoms with Crippen LogP contribution in [-0.4, -0.2) is 22.2 Å². The van der Waals surface area contributed by atoms with E-state index in [-0.39, 0.29) is 0 Å². The summed E-state index contributed by atoms with van der Waals surface area (Å²) in [6.45, 7) is 1.44. The summed E-state index contributed by atoms with van der Waals surface area (Å²) in [4.78, 5) is 11.0. The zero-order valence-electron chi connectivity index (χ0n) is 10.5. The summed E-state index contributed by atoms with van der Waals surface area (Å²) >= 11 is 0. The van der Waals surface area contributed by atoms with Crippen LogP contribution in [-0.2, 0) is 19.4 Å². The van der Waals surface area contributed by atoms with Gasteiger partial charge in [-0.15, -0.1) is 0 Å². The topological polar surface area (TPSA) is 51.5 Å². The van der Waals surface area contributed by atoms with Gasteiger partial charge in [0.05, 0.1) is 6.61 Å². The van der Waals surface area contributed by atoms with Gasteiger partial charge in [0.1, 0.15) is 11.4 Å². The van der Waals surface area contributed by atoms with E-state index in [0.717, 1.165) is 25.2 Å². The monoisotopic (exact) mass is 257 g/mol. The molecule has 3 rings (SSSR count). The van der Waals surface area contributed by atoms with E-state index in [2.05, 4.69) is 6.07 Å². The van der Waals surface area contributed by atoms with Gasteiger partial charge in [-0.3, -0.25) is 0 Å². The molecule has 98 valence electrons. The van der Waals surface area contributed by atoms with E-state index < -0.39 is 5.97 Å². The van der Waals surface area contributed by atoms with E-state index >= 15 is 0 Å². The first-order valence-electron chi connectivity index (χ1n) is 6.37. The molecule has 0 saturated heterocycles. The molecule has 1 N–H and O–H groups in total. The fraction of sp³-hybridized carbons (Fsp3) is 0.267. The molecule has 1 aliphatic heterocycles. The van der Waals surface area contributed by atoms with Crippen molar-refractivity contribution in [2.24, 2.45) is 0 Å². The summed E-state index contributed by atoms with van der Waals surface area (Å²) < 4.78 is 7.24. The maximum Gasteiger partial charge on any atom is 0.352 e. The first-order chi connectivity index (χ1) is 9.24. The second-order valence-electron chi connectivity index (χ2n) is 4.68. The summed E-state index contributed by atoms with van der Waals surface area (Å²) in [5, 5.41) is 9.04. The molecule has 2 aromatic rings. The Morgan fingerprint density at radius 3 is 3.11 bits per heavy atom. The minimum absolute atomic E-state index is 0.337. The third-order valence-electron chi connectivity index (χ3n) is 3.44. The molecule has 2 heterocycles. The molecule has 19 heavy (non-hydrogen) atoms. The van der Waals surface area contributed by atoms with Crippen LogP contribution in [0.3, 0.4) is 0 Å². The third-order valence-corrected chi connectivity index (χ3v) is 3.44. The number of ether oxygens (including phenoxy) is 1. The second kappa shape index (κ2) is 4.80. The van der Waals surface area contributed by atoms with Gasteiger partial charge in [0.15, 0.2) is 0 Å². The predicted molar refractivity (Wildman–Crippen MR) is 70.7 cm³/mol. The van der Waals surface area contributed by atoms with E-state index in [1.54, 1.807) is 22.9 Å². The number of aromatic carboxylic acids is 1. The number of carboxylic acid groups (broad SMARTS) is 1. The Morgan fingerprint density at radius 2 is 2.26 bits per heavy atom. The smallest absolute Gasteiger partial charge is 0.352 e. The highest BCUT2D eigenvalue weighted by Crippen LogP contribution is 2.26. The molecule has 4 heteroatoms. The van der Waals surface area contributed by atoms with Gasteiger partial charge in [-0.25, -0.2) is 4.79 Å². The number of carbonyl (C=O) groups is 1. The summed E-state index contributed by atoms with van der Waals surface area (Å²) in [6, 6.07) is 9.60. The lowest BCUT2D eigenvalue weighted by atomic mass is 10.1. The molecule has 1 aromatic heterocycles. The molecule has 0 bridgehead atoms. The Kier molecular flexibility index (Phi) is 2.99. The maximum absolute atomic E-state index is 11.0. The molecule has 1 aliphatic rings. The van der Waals surface area contributed by atoms with Gasteiger partial charge in [-0.2, -0.15) is 0 Å². The number of carboxylic acids is 1. The van der Waals surface area contributed by atoms with Crippen LogP contribution < -0.4 is 4.74 Å². The fourth-order valence-electron chi connectivity index (χ4n) is 2.45. The molecule has 0 atom stereocenters. The van der Waals surface area contributed by atoms with Gasteiger partial charge in [0.2, 0.25) is 0 Å². The van der Waals surface area contributed by atoms with Crippen LogP contribution in [0.2, 0.25) is 0 Å². The molecular formula is C15H15NO3. The standard InChI is InChI=1S/C15H15NO3/c17-15(18)13-2-1-7-16(13)8-5-11-3-4-14-12(10-11)6-9-19-14/h1-4,7,10H,5-6,8-9H2,(H,17,18). The van der Waals surface area contributed by atoms with E-state index in [0.29, 0.717) is 12.2 Å². The van der Waals surface area contributed by atoms with E-state index in [1.807, 2.05) is 12.1 Å². The summed E-state index contributed by atoms with van der Waals surface area (Å²) in [5.74, 6) is 0.100. The number of aryl methyl sites for hydroxylation is 2. The lowest BCUT2D eigenvalue weighted by molar-refractivity contribution is 0.0685. The van der Waals surface area contributed by atoms with Crippen LogP contribution in [0.4, 0.5) is 0 Å². The Balaban J connectivity index is 1.72. The van der Waals surface area contributed by atoms with Gasteiger partial charge in [0, 0.05) is 19.2 Å². The van der Waals surface area contributed by atoms with Crippen molar-refractivity contribution in [1.29, 1.82) is 0 Å². The fourth-order valence-corrected chi connectivity index (χ4v) is 2.45. The van der Waals surface area contributed by atoms with Gasteiger partial charge < -0.3 is 14.4 Å². The van der Waals surface area contributed by atoms with Gasteiger partial charge in [0.25, 0.3) is 0 Å².